The number of alkyl halides is 3. The summed E-state index contributed by atoms with van der Waals surface area (Å²) in [4.78, 5) is 19.6. The Labute approximate surface area is 132 Å². The van der Waals surface area contributed by atoms with Gasteiger partial charge >= 0.3 is 6.18 Å². The second-order valence-electron chi connectivity index (χ2n) is 6.09. The zero-order valence-electron chi connectivity index (χ0n) is 13.0. The van der Waals surface area contributed by atoms with Gasteiger partial charge < -0.3 is 5.32 Å². The quantitative estimate of drug-likeness (QED) is 0.693. The maximum absolute atomic E-state index is 13.2. The van der Waals surface area contributed by atoms with E-state index in [1.54, 1.807) is 20.8 Å². The van der Waals surface area contributed by atoms with Crippen LogP contribution in [0.4, 0.5) is 19.0 Å². The van der Waals surface area contributed by atoms with Crippen molar-refractivity contribution in [1.29, 1.82) is 0 Å². The fraction of sp³-hybridized carbons (Fsp3) is 0.400. The Kier molecular flexibility index (Phi) is 4.37. The standard InChI is InChI=1S/C15H15BF3N3O/c1-14(2,3)22-13-12(15(17,18)19)20-9-6-4-5-8(10(23)7-16)11(9)21-13/h4-6H,7H2,1-3H3,(H,21,22). The van der Waals surface area contributed by atoms with E-state index in [-0.39, 0.29) is 22.9 Å². The molecule has 2 rings (SSSR count). The van der Waals surface area contributed by atoms with E-state index in [1.807, 2.05) is 0 Å². The molecule has 0 aliphatic rings. The van der Waals surface area contributed by atoms with Gasteiger partial charge in [0.15, 0.2) is 17.3 Å². The van der Waals surface area contributed by atoms with E-state index in [1.165, 1.54) is 18.2 Å². The highest BCUT2D eigenvalue weighted by Gasteiger charge is 2.38. The lowest BCUT2D eigenvalue weighted by Crippen LogP contribution is -2.29. The number of hydrogen-bond acceptors (Lipinski definition) is 4. The molecule has 4 nitrogen and oxygen atoms in total. The topological polar surface area (TPSA) is 54.9 Å². The molecular weight excluding hydrogens is 306 g/mol. The minimum absolute atomic E-state index is 0.00363. The molecular formula is C15H15BF3N3O. The van der Waals surface area contributed by atoms with Gasteiger partial charge in [-0.05, 0) is 39.2 Å². The number of Topliss-reactive ketones (excluding diaryl/α,β-unsaturated/α-hetero) is 1. The van der Waals surface area contributed by atoms with Crippen molar-refractivity contribution in [2.75, 3.05) is 5.32 Å². The van der Waals surface area contributed by atoms with Gasteiger partial charge in [0.05, 0.1) is 13.4 Å². The lowest BCUT2D eigenvalue weighted by Gasteiger charge is -2.24. The number of benzene rings is 1. The number of anilines is 1. The van der Waals surface area contributed by atoms with E-state index >= 15 is 0 Å². The highest BCUT2D eigenvalue weighted by molar-refractivity contribution is 6.25. The molecule has 8 heteroatoms. The molecule has 0 bridgehead atoms. The van der Waals surface area contributed by atoms with Crippen molar-refractivity contribution in [1.82, 2.24) is 9.97 Å². The van der Waals surface area contributed by atoms with Crippen molar-refractivity contribution in [3.8, 4) is 0 Å². The van der Waals surface area contributed by atoms with Crippen LogP contribution in [-0.2, 0) is 6.18 Å². The number of carbonyl (C=O) groups excluding carboxylic acids is 1. The molecule has 1 N–H and O–H groups in total. The van der Waals surface area contributed by atoms with E-state index in [0.29, 0.717) is 0 Å². The molecule has 0 aliphatic carbocycles. The molecule has 0 unspecified atom stereocenters. The summed E-state index contributed by atoms with van der Waals surface area (Å²) in [6, 6.07) is 4.31. The van der Waals surface area contributed by atoms with Crippen LogP contribution in [0.15, 0.2) is 18.2 Å². The summed E-state index contributed by atoms with van der Waals surface area (Å²) < 4.78 is 39.7. The molecule has 0 amide bonds. The Morgan fingerprint density at radius 1 is 1.22 bits per heavy atom. The van der Waals surface area contributed by atoms with E-state index in [9.17, 15) is 18.0 Å². The number of nitrogens with one attached hydrogen (secondary N) is 1. The summed E-state index contributed by atoms with van der Waals surface area (Å²) in [6.45, 7) is 5.11. The third kappa shape index (κ3) is 3.81. The predicted molar refractivity (Wildman–Crippen MR) is 82.8 cm³/mol. The Balaban J connectivity index is 2.76. The van der Waals surface area contributed by atoms with Crippen molar-refractivity contribution < 1.29 is 18.0 Å². The van der Waals surface area contributed by atoms with Crippen molar-refractivity contribution in [2.45, 2.75) is 38.8 Å². The van der Waals surface area contributed by atoms with Crippen LogP contribution in [0.5, 0.6) is 0 Å². The van der Waals surface area contributed by atoms with E-state index in [4.69, 9.17) is 7.85 Å². The second-order valence-corrected chi connectivity index (χ2v) is 6.09. The van der Waals surface area contributed by atoms with Crippen LogP contribution >= 0.6 is 0 Å². The first kappa shape index (κ1) is 17.2. The van der Waals surface area contributed by atoms with Gasteiger partial charge in [-0.1, -0.05) is 6.07 Å². The Hall–Kier alpha value is -2.12. The molecule has 23 heavy (non-hydrogen) atoms. The molecule has 1 aromatic carbocycles. The molecule has 120 valence electrons. The van der Waals surface area contributed by atoms with Gasteiger partial charge in [-0.25, -0.2) is 9.97 Å². The molecule has 2 aromatic rings. The van der Waals surface area contributed by atoms with E-state index < -0.39 is 29.0 Å². The Morgan fingerprint density at radius 2 is 1.87 bits per heavy atom. The van der Waals surface area contributed by atoms with E-state index in [0.717, 1.165) is 0 Å². The summed E-state index contributed by atoms with van der Waals surface area (Å²) in [5, 5.41) is 2.70. The molecule has 0 atom stereocenters. The molecule has 0 fully saturated rings. The SMILES string of the molecule is [B]CC(=O)c1cccc2nc(C(F)(F)F)c(NC(C)(C)C)nc12. The van der Waals surface area contributed by atoms with Crippen molar-refractivity contribution in [3.05, 3.63) is 29.5 Å². The minimum Gasteiger partial charge on any atom is -0.364 e. The predicted octanol–water partition coefficient (Wildman–Crippen LogP) is 3.63. The highest BCUT2D eigenvalue weighted by atomic mass is 19.4. The summed E-state index contributed by atoms with van der Waals surface area (Å²) >= 11 is 0. The minimum atomic E-state index is -4.66. The smallest absolute Gasteiger partial charge is 0.364 e. The number of nitrogens with zero attached hydrogens (tertiary/aromatic N) is 2. The number of halogens is 3. The number of para-hydroxylation sites is 1. The molecule has 0 spiro atoms. The summed E-state index contributed by atoms with van der Waals surface area (Å²) in [6.07, 6.45) is -4.92. The highest BCUT2D eigenvalue weighted by Crippen LogP contribution is 2.35. The molecule has 0 saturated carbocycles. The first-order valence-corrected chi connectivity index (χ1v) is 6.92. The molecule has 0 saturated heterocycles. The first-order chi connectivity index (χ1) is 10.5. The van der Waals surface area contributed by atoms with E-state index in [2.05, 4.69) is 15.3 Å². The number of rotatable bonds is 3. The lowest BCUT2D eigenvalue weighted by atomic mass is 9.95. The zero-order chi connectivity index (χ0) is 17.4. The van der Waals surface area contributed by atoms with Gasteiger partial charge in [0.2, 0.25) is 0 Å². The van der Waals surface area contributed by atoms with Gasteiger partial charge in [0.1, 0.15) is 5.52 Å². The van der Waals surface area contributed by atoms with Crippen molar-refractivity contribution in [3.63, 3.8) is 0 Å². The van der Waals surface area contributed by atoms with Crippen molar-refractivity contribution >= 4 is 30.5 Å². The fourth-order valence-corrected chi connectivity index (χ4v) is 2.05. The summed E-state index contributed by atoms with van der Waals surface area (Å²) in [7, 11) is 5.34. The zero-order valence-corrected chi connectivity index (χ0v) is 13.0. The average molecular weight is 321 g/mol. The molecule has 2 radical (unpaired) electrons. The fourth-order valence-electron chi connectivity index (χ4n) is 2.05. The average Bonchev–Trinajstić information content (AvgIpc) is 2.42. The van der Waals surface area contributed by atoms with Gasteiger partial charge in [-0.3, -0.25) is 4.79 Å². The number of fused-ring (bicyclic) bond motifs is 1. The molecule has 0 aliphatic heterocycles. The van der Waals surface area contributed by atoms with Crippen LogP contribution in [-0.4, -0.2) is 29.1 Å². The number of hydrogen-bond donors (Lipinski definition) is 1. The lowest BCUT2D eigenvalue weighted by molar-refractivity contribution is -0.140. The van der Waals surface area contributed by atoms with Crippen molar-refractivity contribution in [2.24, 2.45) is 0 Å². The third-order valence-corrected chi connectivity index (χ3v) is 2.94. The largest absolute Gasteiger partial charge is 0.437 e. The van der Waals surface area contributed by atoms with Gasteiger partial charge in [-0.2, -0.15) is 13.2 Å². The van der Waals surface area contributed by atoms with Crippen LogP contribution in [0.25, 0.3) is 11.0 Å². The monoisotopic (exact) mass is 321 g/mol. The normalized spacial score (nSPS) is 12.4. The third-order valence-electron chi connectivity index (χ3n) is 2.94. The van der Waals surface area contributed by atoms with Crippen LogP contribution in [0, 0.1) is 0 Å². The van der Waals surface area contributed by atoms with Crippen LogP contribution in [0.1, 0.15) is 36.8 Å². The molecule has 1 aromatic heterocycles. The second kappa shape index (κ2) is 5.83. The Morgan fingerprint density at radius 3 is 2.39 bits per heavy atom. The van der Waals surface area contributed by atoms with Crippen LogP contribution in [0.3, 0.4) is 0 Å². The number of ketones is 1. The molecule has 1 heterocycles. The maximum atomic E-state index is 13.2. The van der Waals surface area contributed by atoms with Gasteiger partial charge in [0.25, 0.3) is 0 Å². The van der Waals surface area contributed by atoms with Gasteiger partial charge in [-0.15, -0.1) is 0 Å². The Bertz CT molecular complexity index is 754. The summed E-state index contributed by atoms with van der Waals surface area (Å²) in [5.74, 6) is -0.818. The first-order valence-electron chi connectivity index (χ1n) is 6.92. The van der Waals surface area contributed by atoms with Gasteiger partial charge in [0, 0.05) is 11.1 Å². The number of carbonyl (C=O) groups is 1. The number of aromatic nitrogens is 2. The van der Waals surface area contributed by atoms with Crippen LogP contribution in [0.2, 0.25) is 6.32 Å². The summed E-state index contributed by atoms with van der Waals surface area (Å²) in [5.41, 5.74) is -1.52. The maximum Gasteiger partial charge on any atom is 0.437 e. The van der Waals surface area contributed by atoms with Crippen LogP contribution < -0.4 is 5.32 Å².